The molecular formula is C8H14ClN3O2S2. The van der Waals surface area contributed by atoms with Crippen molar-refractivity contribution in [2.45, 2.75) is 20.3 Å². The molecule has 0 saturated heterocycles. The minimum atomic E-state index is -3.37. The van der Waals surface area contributed by atoms with Crippen LogP contribution in [0.25, 0.3) is 0 Å². The Balaban J connectivity index is 2.65. The van der Waals surface area contributed by atoms with Gasteiger partial charge in [0.2, 0.25) is 15.2 Å². The molecule has 92 valence electrons. The first-order chi connectivity index (χ1) is 7.43. The van der Waals surface area contributed by atoms with Crippen LogP contribution in [0, 0.1) is 5.92 Å². The predicted octanol–water partition coefficient (Wildman–Crippen LogP) is 1.72. The second-order valence-electron chi connectivity index (χ2n) is 3.71. The first-order valence-corrected chi connectivity index (χ1v) is 7.82. The standard InChI is InChI=1S/C8H14ClN3O2S2/c1-6(2)5-7-10-11-8(15-7)12-16(13,14)4-3-9/h6H,3-5H2,1-2H3,(H,11,12). The van der Waals surface area contributed by atoms with Gasteiger partial charge < -0.3 is 0 Å². The number of sulfonamides is 1. The van der Waals surface area contributed by atoms with Crippen molar-refractivity contribution >= 4 is 38.1 Å². The molecule has 1 rings (SSSR count). The van der Waals surface area contributed by atoms with E-state index in [1.807, 2.05) is 0 Å². The zero-order chi connectivity index (χ0) is 12.2. The summed E-state index contributed by atoms with van der Waals surface area (Å²) >= 11 is 6.63. The molecule has 0 saturated carbocycles. The smallest absolute Gasteiger partial charge is 0.235 e. The molecule has 0 spiro atoms. The molecule has 16 heavy (non-hydrogen) atoms. The van der Waals surface area contributed by atoms with Crippen LogP contribution in [0.3, 0.4) is 0 Å². The summed E-state index contributed by atoms with van der Waals surface area (Å²) in [6.45, 7) is 4.14. The quantitative estimate of drug-likeness (QED) is 0.807. The first-order valence-electron chi connectivity index (χ1n) is 4.82. The highest BCUT2D eigenvalue weighted by Crippen LogP contribution is 2.19. The second kappa shape index (κ2) is 5.79. The highest BCUT2D eigenvalue weighted by Gasteiger charge is 2.13. The fourth-order valence-electron chi connectivity index (χ4n) is 1.01. The van der Waals surface area contributed by atoms with Gasteiger partial charge in [0.05, 0.1) is 5.75 Å². The lowest BCUT2D eigenvalue weighted by Crippen LogP contribution is -2.17. The molecule has 0 amide bonds. The molecular weight excluding hydrogens is 270 g/mol. The van der Waals surface area contributed by atoms with Crippen LogP contribution in [0.5, 0.6) is 0 Å². The minimum Gasteiger partial charge on any atom is -0.257 e. The number of nitrogens with one attached hydrogen (secondary N) is 1. The molecule has 0 aliphatic heterocycles. The van der Waals surface area contributed by atoms with E-state index in [1.54, 1.807) is 0 Å². The summed E-state index contributed by atoms with van der Waals surface area (Å²) < 4.78 is 25.1. The van der Waals surface area contributed by atoms with Crippen molar-refractivity contribution < 1.29 is 8.42 Å². The van der Waals surface area contributed by atoms with Gasteiger partial charge in [-0.15, -0.1) is 21.8 Å². The van der Waals surface area contributed by atoms with Crippen molar-refractivity contribution in [2.75, 3.05) is 16.4 Å². The van der Waals surface area contributed by atoms with Crippen molar-refractivity contribution in [1.29, 1.82) is 0 Å². The van der Waals surface area contributed by atoms with E-state index in [4.69, 9.17) is 11.6 Å². The SMILES string of the molecule is CC(C)Cc1nnc(NS(=O)(=O)CCCl)s1. The van der Waals surface area contributed by atoms with Gasteiger partial charge in [-0.05, 0) is 5.92 Å². The lowest BCUT2D eigenvalue weighted by atomic mass is 10.1. The topological polar surface area (TPSA) is 72.0 Å². The summed E-state index contributed by atoms with van der Waals surface area (Å²) in [4.78, 5) is 0. The number of hydrogen-bond donors (Lipinski definition) is 1. The van der Waals surface area contributed by atoms with Gasteiger partial charge in [-0.1, -0.05) is 25.2 Å². The molecule has 0 bridgehead atoms. The van der Waals surface area contributed by atoms with E-state index in [0.29, 0.717) is 11.0 Å². The van der Waals surface area contributed by atoms with Gasteiger partial charge in [0.25, 0.3) is 0 Å². The second-order valence-corrected chi connectivity index (χ2v) is 6.99. The molecule has 0 atom stereocenters. The average molecular weight is 284 g/mol. The molecule has 0 radical (unpaired) electrons. The summed E-state index contributed by atoms with van der Waals surface area (Å²) in [5.41, 5.74) is 0. The molecule has 0 fully saturated rings. The van der Waals surface area contributed by atoms with Crippen LogP contribution >= 0.6 is 22.9 Å². The first kappa shape index (κ1) is 13.7. The largest absolute Gasteiger partial charge is 0.257 e. The lowest BCUT2D eigenvalue weighted by molar-refractivity contribution is 0.602. The predicted molar refractivity (Wildman–Crippen MR) is 66.6 cm³/mol. The number of rotatable bonds is 6. The van der Waals surface area contributed by atoms with Crippen molar-refractivity contribution in [3.8, 4) is 0 Å². The zero-order valence-electron chi connectivity index (χ0n) is 9.10. The van der Waals surface area contributed by atoms with E-state index < -0.39 is 10.0 Å². The summed E-state index contributed by atoms with van der Waals surface area (Å²) in [7, 11) is -3.37. The fourth-order valence-corrected chi connectivity index (χ4v) is 3.58. The molecule has 0 aliphatic rings. The van der Waals surface area contributed by atoms with Crippen LogP contribution in [0.2, 0.25) is 0 Å². The number of nitrogens with zero attached hydrogens (tertiary/aromatic N) is 2. The number of aromatic nitrogens is 2. The van der Waals surface area contributed by atoms with Gasteiger partial charge in [-0.3, -0.25) is 4.72 Å². The summed E-state index contributed by atoms with van der Waals surface area (Å²) in [6.07, 6.45) is 0.800. The Kier molecular flexibility index (Phi) is 4.94. The van der Waals surface area contributed by atoms with E-state index in [2.05, 4.69) is 28.8 Å². The number of halogens is 1. The molecule has 1 heterocycles. The normalized spacial score (nSPS) is 12.0. The van der Waals surface area contributed by atoms with Crippen LogP contribution in [-0.2, 0) is 16.4 Å². The van der Waals surface area contributed by atoms with Gasteiger partial charge >= 0.3 is 0 Å². The molecule has 8 heteroatoms. The number of hydrogen-bond acceptors (Lipinski definition) is 5. The molecule has 1 aromatic rings. The Bertz CT molecular complexity index is 430. The Morgan fingerprint density at radius 1 is 1.44 bits per heavy atom. The van der Waals surface area contributed by atoms with Crippen LogP contribution in [-0.4, -0.2) is 30.2 Å². The molecule has 5 nitrogen and oxygen atoms in total. The Morgan fingerprint density at radius 2 is 2.12 bits per heavy atom. The maximum Gasteiger partial charge on any atom is 0.235 e. The molecule has 1 N–H and O–H groups in total. The van der Waals surface area contributed by atoms with E-state index in [-0.39, 0.29) is 11.6 Å². The summed E-state index contributed by atoms with van der Waals surface area (Å²) in [6, 6.07) is 0. The molecule has 0 unspecified atom stereocenters. The summed E-state index contributed by atoms with van der Waals surface area (Å²) in [5.74, 6) is 0.418. The van der Waals surface area contributed by atoms with Crippen LogP contribution < -0.4 is 4.72 Å². The highest BCUT2D eigenvalue weighted by atomic mass is 35.5. The van der Waals surface area contributed by atoms with Gasteiger partial charge in [0.15, 0.2) is 0 Å². The van der Waals surface area contributed by atoms with E-state index in [0.717, 1.165) is 11.4 Å². The molecule has 0 aliphatic carbocycles. The Labute approximate surface area is 104 Å². The van der Waals surface area contributed by atoms with Gasteiger partial charge in [0.1, 0.15) is 5.01 Å². The van der Waals surface area contributed by atoms with Crippen LogP contribution in [0.4, 0.5) is 5.13 Å². The summed E-state index contributed by atoms with van der Waals surface area (Å²) in [5, 5.41) is 8.82. The Hall–Kier alpha value is -0.400. The van der Waals surface area contributed by atoms with E-state index >= 15 is 0 Å². The molecule has 0 aromatic carbocycles. The van der Waals surface area contributed by atoms with Crippen molar-refractivity contribution in [2.24, 2.45) is 5.92 Å². The monoisotopic (exact) mass is 283 g/mol. The Morgan fingerprint density at radius 3 is 2.69 bits per heavy atom. The number of alkyl halides is 1. The number of anilines is 1. The minimum absolute atomic E-state index is 0.0625. The third-order valence-electron chi connectivity index (χ3n) is 1.64. The highest BCUT2D eigenvalue weighted by molar-refractivity contribution is 7.92. The van der Waals surface area contributed by atoms with E-state index in [9.17, 15) is 8.42 Å². The maximum absolute atomic E-state index is 11.4. The fraction of sp³-hybridized carbons (Fsp3) is 0.750. The van der Waals surface area contributed by atoms with Gasteiger partial charge in [-0.25, -0.2) is 8.42 Å². The third-order valence-corrected chi connectivity index (χ3v) is 4.29. The van der Waals surface area contributed by atoms with E-state index in [1.165, 1.54) is 11.3 Å². The van der Waals surface area contributed by atoms with Crippen LogP contribution in [0.1, 0.15) is 18.9 Å². The lowest BCUT2D eigenvalue weighted by Gasteiger charge is -2.01. The molecule has 1 aromatic heterocycles. The zero-order valence-corrected chi connectivity index (χ0v) is 11.5. The van der Waals surface area contributed by atoms with Crippen LogP contribution in [0.15, 0.2) is 0 Å². The maximum atomic E-state index is 11.4. The average Bonchev–Trinajstić information content (AvgIpc) is 2.49. The third kappa shape index (κ3) is 4.63. The van der Waals surface area contributed by atoms with Gasteiger partial charge in [-0.2, -0.15) is 0 Å². The van der Waals surface area contributed by atoms with Crippen molar-refractivity contribution in [3.05, 3.63) is 5.01 Å². The van der Waals surface area contributed by atoms with Crippen molar-refractivity contribution in [1.82, 2.24) is 10.2 Å². The van der Waals surface area contributed by atoms with Gasteiger partial charge in [0, 0.05) is 12.3 Å². The van der Waals surface area contributed by atoms with Crippen molar-refractivity contribution in [3.63, 3.8) is 0 Å².